The van der Waals surface area contributed by atoms with Gasteiger partial charge in [0.25, 0.3) is 11.6 Å². The van der Waals surface area contributed by atoms with Crippen molar-refractivity contribution < 1.29 is 29.2 Å². The van der Waals surface area contributed by atoms with Crippen LogP contribution in [0.5, 0.6) is 11.5 Å². The fourth-order valence-corrected chi connectivity index (χ4v) is 5.85. The number of aromatic hydroxyl groups is 1. The lowest BCUT2D eigenvalue weighted by Gasteiger charge is -2.29. The maximum Gasteiger partial charge on any atom is 0.271 e. The summed E-state index contributed by atoms with van der Waals surface area (Å²) < 4.78 is 5.93. The molecule has 0 aliphatic carbocycles. The third-order valence-corrected chi connectivity index (χ3v) is 7.71. The maximum absolute atomic E-state index is 14.1. The number of anilines is 2. The number of carbonyl (C=O) groups is 2. The van der Waals surface area contributed by atoms with Crippen molar-refractivity contribution in [3.05, 3.63) is 99.0 Å². The minimum Gasteiger partial charge on any atom is -0.503 e. The van der Waals surface area contributed by atoms with Crippen molar-refractivity contribution in [2.75, 3.05) is 16.6 Å². The van der Waals surface area contributed by atoms with Crippen molar-refractivity contribution >= 4 is 55.6 Å². The van der Waals surface area contributed by atoms with Crippen LogP contribution in [0, 0.1) is 16.0 Å². The highest BCUT2D eigenvalue weighted by Crippen LogP contribution is 2.50. The van der Waals surface area contributed by atoms with Crippen LogP contribution in [-0.4, -0.2) is 34.6 Å². The molecular weight excluding hydrogens is 582 g/mol. The van der Waals surface area contributed by atoms with Crippen LogP contribution in [0.1, 0.15) is 18.5 Å². The van der Waals surface area contributed by atoms with Crippen LogP contribution in [0.4, 0.5) is 17.1 Å². The van der Waals surface area contributed by atoms with E-state index < -0.39 is 34.8 Å². The van der Waals surface area contributed by atoms with E-state index >= 15 is 0 Å². The highest BCUT2D eigenvalue weighted by Gasteiger charge is 2.60. The third-order valence-electron chi connectivity index (χ3n) is 7.11. The molecule has 0 saturated carbocycles. The Balaban J connectivity index is 1.50. The van der Waals surface area contributed by atoms with Gasteiger partial charge in [0, 0.05) is 17.5 Å². The summed E-state index contributed by atoms with van der Waals surface area (Å²) in [4.78, 5) is 46.3. The summed E-state index contributed by atoms with van der Waals surface area (Å²) >= 11 is 3.36. The van der Waals surface area contributed by atoms with Gasteiger partial charge in [-0.3, -0.25) is 24.5 Å². The molecule has 0 radical (unpaired) electrons. The fourth-order valence-electron chi connectivity index (χ4n) is 5.39. The van der Waals surface area contributed by atoms with Gasteiger partial charge in [0.2, 0.25) is 5.91 Å². The number of amides is 2. The first-order valence-electron chi connectivity index (χ1n) is 12.5. The van der Waals surface area contributed by atoms with E-state index in [0.717, 1.165) is 15.7 Å². The number of carbonyl (C=O) groups excluding carboxylic acids is 2. The summed E-state index contributed by atoms with van der Waals surface area (Å²) in [6, 6.07) is 21.0. The number of phenolic OH excluding ortho intramolecular Hbond substituents is 1. The average Bonchev–Trinajstić information content (AvgIpc) is 3.46. The number of halogens is 1. The second-order valence-corrected chi connectivity index (χ2v) is 10.2. The van der Waals surface area contributed by atoms with Crippen molar-refractivity contribution in [1.29, 1.82) is 0 Å². The molecular formula is C29H22BrN3O7. The number of hydroxylamine groups is 1. The van der Waals surface area contributed by atoms with Crippen molar-refractivity contribution in [2.24, 2.45) is 5.92 Å². The Bertz CT molecular complexity index is 1690. The zero-order chi connectivity index (χ0) is 28.1. The number of fused-ring (bicyclic) bond motifs is 2. The summed E-state index contributed by atoms with van der Waals surface area (Å²) in [5, 5.41) is 25.0. The molecule has 0 spiro atoms. The molecule has 202 valence electrons. The first-order valence-corrected chi connectivity index (χ1v) is 13.3. The number of hydrogen-bond acceptors (Lipinski definition) is 8. The van der Waals surface area contributed by atoms with Gasteiger partial charge in [-0.05, 0) is 58.1 Å². The van der Waals surface area contributed by atoms with Gasteiger partial charge in [0.15, 0.2) is 17.6 Å². The SMILES string of the molecule is CCOc1cc([C@@H]2[C@@H]3C(=O)N(c4cccc5ccccc45)C(=O)[C@@H]3ON2c2cccc([N+](=O)[O-])c2)cc(Br)c1O. The molecule has 0 bridgehead atoms. The lowest BCUT2D eigenvalue weighted by atomic mass is 9.90. The smallest absolute Gasteiger partial charge is 0.271 e. The number of ether oxygens (including phenoxy) is 1. The number of nitrogens with zero attached hydrogens (tertiary/aromatic N) is 3. The number of nitro groups is 1. The molecule has 1 N–H and O–H groups in total. The van der Waals surface area contributed by atoms with Crippen LogP contribution in [-0.2, 0) is 14.4 Å². The Morgan fingerprint density at radius 2 is 1.77 bits per heavy atom. The van der Waals surface area contributed by atoms with E-state index in [2.05, 4.69) is 15.9 Å². The van der Waals surface area contributed by atoms with Gasteiger partial charge in [0.05, 0.1) is 33.4 Å². The number of phenols is 1. The quantitative estimate of drug-likeness (QED) is 0.170. The van der Waals surface area contributed by atoms with Gasteiger partial charge >= 0.3 is 0 Å². The van der Waals surface area contributed by atoms with Crippen LogP contribution >= 0.6 is 15.9 Å². The molecule has 0 unspecified atom stereocenters. The van der Waals surface area contributed by atoms with Crippen molar-refractivity contribution in [3.63, 3.8) is 0 Å². The molecule has 4 aromatic carbocycles. The van der Waals surface area contributed by atoms with E-state index in [4.69, 9.17) is 9.57 Å². The molecule has 3 atom stereocenters. The van der Waals surface area contributed by atoms with Crippen molar-refractivity contribution in [3.8, 4) is 11.5 Å². The highest BCUT2D eigenvalue weighted by atomic mass is 79.9. The van der Waals surface area contributed by atoms with Crippen LogP contribution in [0.25, 0.3) is 10.8 Å². The standard InChI is InChI=1S/C29H22BrN3O7/c1-2-39-23-14-17(13-21(30)26(23)34)25-24-27(40-32(25)18-9-6-10-19(15-18)33(37)38)29(36)31(28(24)35)22-12-5-8-16-7-3-4-11-20(16)22/h3-15,24-25,27,34H,2H2,1H3/t24-,25+,27+/m0/s1. The molecule has 2 amide bonds. The Labute approximate surface area is 236 Å². The summed E-state index contributed by atoms with van der Waals surface area (Å²) in [5.41, 5.74) is 1.09. The predicted molar refractivity (Wildman–Crippen MR) is 150 cm³/mol. The van der Waals surface area contributed by atoms with Crippen LogP contribution < -0.4 is 14.7 Å². The second-order valence-electron chi connectivity index (χ2n) is 9.39. The van der Waals surface area contributed by atoms with Gasteiger partial charge in [-0.25, -0.2) is 9.96 Å². The molecule has 40 heavy (non-hydrogen) atoms. The molecule has 0 aromatic heterocycles. The summed E-state index contributed by atoms with van der Waals surface area (Å²) in [5.74, 6) is -1.93. The molecule has 2 aliphatic rings. The summed E-state index contributed by atoms with van der Waals surface area (Å²) in [6.07, 6.45) is -1.18. The molecule has 10 nitrogen and oxygen atoms in total. The first kappa shape index (κ1) is 25.8. The maximum atomic E-state index is 14.1. The second kappa shape index (κ2) is 9.92. The van der Waals surface area contributed by atoms with Crippen LogP contribution in [0.15, 0.2) is 83.3 Å². The average molecular weight is 604 g/mol. The molecule has 2 saturated heterocycles. The zero-order valence-corrected chi connectivity index (χ0v) is 22.6. The number of nitro benzene ring substituents is 1. The topological polar surface area (TPSA) is 122 Å². The molecule has 2 heterocycles. The summed E-state index contributed by atoms with van der Waals surface area (Å²) in [6.45, 7) is 2.04. The Morgan fingerprint density at radius 3 is 2.55 bits per heavy atom. The van der Waals surface area contributed by atoms with Gasteiger partial charge in [0.1, 0.15) is 5.92 Å². The van der Waals surface area contributed by atoms with Crippen molar-refractivity contribution in [2.45, 2.75) is 19.1 Å². The fraction of sp³-hybridized carbons (Fsp3) is 0.172. The van der Waals surface area contributed by atoms with Crippen molar-refractivity contribution in [1.82, 2.24) is 0 Å². The highest BCUT2D eigenvalue weighted by molar-refractivity contribution is 9.10. The number of imide groups is 1. The number of benzene rings is 4. The molecule has 6 rings (SSSR count). The third kappa shape index (κ3) is 4.05. The number of hydrogen-bond donors (Lipinski definition) is 1. The van der Waals surface area contributed by atoms with E-state index in [1.807, 2.05) is 30.3 Å². The van der Waals surface area contributed by atoms with Crippen LogP contribution in [0.3, 0.4) is 0 Å². The monoisotopic (exact) mass is 603 g/mol. The van der Waals surface area contributed by atoms with E-state index in [0.29, 0.717) is 21.4 Å². The van der Waals surface area contributed by atoms with Gasteiger partial charge in [-0.15, -0.1) is 0 Å². The normalized spacial score (nSPS) is 20.3. The van der Waals surface area contributed by atoms with Crippen LogP contribution in [0.2, 0.25) is 0 Å². The molecule has 11 heteroatoms. The lowest BCUT2D eigenvalue weighted by Crippen LogP contribution is -2.37. The van der Waals surface area contributed by atoms with Gasteiger partial charge in [-0.1, -0.05) is 42.5 Å². The predicted octanol–water partition coefficient (Wildman–Crippen LogP) is 5.67. The first-order chi connectivity index (χ1) is 19.3. The van der Waals surface area contributed by atoms with E-state index in [1.165, 1.54) is 23.3 Å². The summed E-state index contributed by atoms with van der Waals surface area (Å²) in [7, 11) is 0. The minimum absolute atomic E-state index is 0.117. The van der Waals surface area contributed by atoms with Gasteiger partial charge < -0.3 is 9.84 Å². The van der Waals surface area contributed by atoms with E-state index in [9.17, 15) is 24.8 Å². The Kier molecular flexibility index (Phi) is 6.40. The largest absolute Gasteiger partial charge is 0.503 e. The number of non-ortho nitro benzene ring substituents is 1. The van der Waals surface area contributed by atoms with Gasteiger partial charge in [-0.2, -0.15) is 0 Å². The zero-order valence-electron chi connectivity index (χ0n) is 21.1. The molecule has 2 aliphatic heterocycles. The lowest BCUT2D eigenvalue weighted by molar-refractivity contribution is -0.384. The number of rotatable bonds is 6. The molecule has 2 fully saturated rings. The Hall–Kier alpha value is -4.48. The van der Waals surface area contributed by atoms with E-state index in [-0.39, 0.29) is 23.8 Å². The Morgan fingerprint density at radius 1 is 1.02 bits per heavy atom. The van der Waals surface area contributed by atoms with E-state index in [1.54, 1.807) is 37.3 Å². The molecule has 4 aromatic rings. The minimum atomic E-state index is -1.18.